The third kappa shape index (κ3) is 7.43. The standard InChI is InChI=1S/C17H20N2O6S2/c1-10(16(24)26-9-14(15(22)23)18-11(2)20)19(12(3)21)27-17(25)13-7-5-4-6-8-13/h4-8,10,14H,9H2,1-3H3,(H,18,20)(H,22,23). The third-order valence-electron chi connectivity index (χ3n) is 3.26. The molecule has 0 heterocycles. The molecule has 27 heavy (non-hydrogen) atoms. The van der Waals surface area contributed by atoms with E-state index in [9.17, 15) is 24.0 Å². The van der Waals surface area contributed by atoms with Crippen molar-refractivity contribution >= 4 is 51.7 Å². The van der Waals surface area contributed by atoms with Crippen LogP contribution in [0.2, 0.25) is 0 Å². The summed E-state index contributed by atoms with van der Waals surface area (Å²) in [4.78, 5) is 58.7. The van der Waals surface area contributed by atoms with Gasteiger partial charge in [0.05, 0.1) is 0 Å². The highest BCUT2D eigenvalue weighted by Crippen LogP contribution is 2.23. The summed E-state index contributed by atoms with van der Waals surface area (Å²) >= 11 is 1.30. The first-order chi connectivity index (χ1) is 12.6. The van der Waals surface area contributed by atoms with Gasteiger partial charge in [-0.1, -0.05) is 42.1 Å². The number of carbonyl (C=O) groups excluding carboxylic acids is 4. The molecule has 1 rings (SSSR count). The first kappa shape index (κ1) is 22.7. The molecule has 10 heteroatoms. The van der Waals surface area contributed by atoms with Gasteiger partial charge in [0.15, 0.2) is 0 Å². The van der Waals surface area contributed by atoms with E-state index in [1.165, 1.54) is 20.8 Å². The number of benzene rings is 1. The summed E-state index contributed by atoms with van der Waals surface area (Å²) in [5, 5.41) is 10.4. The highest BCUT2D eigenvalue weighted by Gasteiger charge is 2.29. The minimum Gasteiger partial charge on any atom is -0.480 e. The summed E-state index contributed by atoms with van der Waals surface area (Å²) in [6.07, 6.45) is 0. The topological polar surface area (TPSA) is 121 Å². The van der Waals surface area contributed by atoms with E-state index in [1.807, 2.05) is 0 Å². The predicted octanol–water partition coefficient (Wildman–Crippen LogP) is 1.56. The molecule has 0 spiro atoms. The van der Waals surface area contributed by atoms with Crippen LogP contribution in [0.3, 0.4) is 0 Å². The van der Waals surface area contributed by atoms with E-state index in [0.717, 1.165) is 4.31 Å². The Morgan fingerprint density at radius 3 is 2.19 bits per heavy atom. The zero-order valence-electron chi connectivity index (χ0n) is 15.0. The molecule has 0 saturated carbocycles. The van der Waals surface area contributed by atoms with Gasteiger partial charge in [-0.2, -0.15) is 0 Å². The average Bonchev–Trinajstić information content (AvgIpc) is 2.62. The van der Waals surface area contributed by atoms with Crippen LogP contribution in [0.5, 0.6) is 0 Å². The van der Waals surface area contributed by atoms with Crippen LogP contribution in [0.25, 0.3) is 0 Å². The molecule has 0 saturated heterocycles. The molecule has 1 aromatic carbocycles. The van der Waals surface area contributed by atoms with Crippen LogP contribution in [0.15, 0.2) is 30.3 Å². The maximum Gasteiger partial charge on any atom is 0.327 e. The number of amides is 2. The van der Waals surface area contributed by atoms with Crippen LogP contribution in [-0.4, -0.2) is 55.3 Å². The Labute approximate surface area is 165 Å². The molecule has 0 radical (unpaired) electrons. The molecular formula is C17H20N2O6S2. The lowest BCUT2D eigenvalue weighted by molar-refractivity contribution is -0.140. The van der Waals surface area contributed by atoms with Crippen molar-refractivity contribution in [1.82, 2.24) is 9.62 Å². The second-order valence-corrected chi connectivity index (χ2v) is 7.46. The Balaban J connectivity index is 2.76. The summed E-state index contributed by atoms with van der Waals surface area (Å²) in [5.41, 5.74) is 0.387. The fraction of sp³-hybridized carbons (Fsp3) is 0.353. The van der Waals surface area contributed by atoms with E-state index >= 15 is 0 Å². The number of rotatable bonds is 7. The van der Waals surface area contributed by atoms with Crippen molar-refractivity contribution in [2.45, 2.75) is 32.9 Å². The van der Waals surface area contributed by atoms with Gasteiger partial charge in [0.25, 0.3) is 0 Å². The number of carboxylic acid groups (broad SMARTS) is 1. The van der Waals surface area contributed by atoms with Gasteiger partial charge in [-0.3, -0.25) is 23.5 Å². The number of aliphatic carboxylic acids is 1. The minimum atomic E-state index is -1.27. The molecule has 2 unspecified atom stereocenters. The van der Waals surface area contributed by atoms with Crippen molar-refractivity contribution < 1.29 is 29.1 Å². The molecule has 146 valence electrons. The van der Waals surface area contributed by atoms with Crippen LogP contribution >= 0.6 is 23.7 Å². The van der Waals surface area contributed by atoms with Crippen LogP contribution in [-0.2, 0) is 19.2 Å². The van der Waals surface area contributed by atoms with Crippen molar-refractivity contribution in [3.63, 3.8) is 0 Å². The lowest BCUT2D eigenvalue weighted by Crippen LogP contribution is -2.43. The number of nitrogens with one attached hydrogen (secondary N) is 1. The summed E-state index contributed by atoms with van der Waals surface area (Å²) in [6.45, 7) is 3.86. The van der Waals surface area contributed by atoms with E-state index in [1.54, 1.807) is 30.3 Å². The molecule has 0 aromatic heterocycles. The molecule has 1 aromatic rings. The second kappa shape index (κ2) is 10.7. The van der Waals surface area contributed by atoms with E-state index in [0.29, 0.717) is 29.3 Å². The number of nitrogens with zero attached hydrogens (tertiary/aromatic N) is 1. The largest absolute Gasteiger partial charge is 0.480 e. The smallest absolute Gasteiger partial charge is 0.327 e. The van der Waals surface area contributed by atoms with Gasteiger partial charge in [-0.15, -0.1) is 0 Å². The second-order valence-electron chi connectivity index (χ2n) is 5.49. The fourth-order valence-corrected chi connectivity index (χ4v) is 3.71. The summed E-state index contributed by atoms with van der Waals surface area (Å²) in [6, 6.07) is 6.12. The van der Waals surface area contributed by atoms with Gasteiger partial charge < -0.3 is 10.4 Å². The number of hydrogen-bond donors (Lipinski definition) is 2. The van der Waals surface area contributed by atoms with Gasteiger partial charge in [-0.25, -0.2) is 4.79 Å². The molecule has 8 nitrogen and oxygen atoms in total. The first-order valence-electron chi connectivity index (χ1n) is 7.87. The zero-order valence-corrected chi connectivity index (χ0v) is 16.6. The lowest BCUT2D eigenvalue weighted by atomic mass is 10.2. The molecule has 0 aliphatic rings. The molecule has 0 aliphatic heterocycles. The highest BCUT2D eigenvalue weighted by atomic mass is 32.2. The monoisotopic (exact) mass is 412 g/mol. The van der Waals surface area contributed by atoms with Gasteiger partial charge in [0, 0.05) is 37.1 Å². The summed E-state index contributed by atoms with van der Waals surface area (Å²) in [5.74, 6) is -2.48. The molecule has 0 bridgehead atoms. The Kier molecular flexibility index (Phi) is 9.03. The van der Waals surface area contributed by atoms with Crippen molar-refractivity contribution in [3.8, 4) is 0 Å². The minimum absolute atomic E-state index is 0.193. The van der Waals surface area contributed by atoms with Gasteiger partial charge >= 0.3 is 5.97 Å². The maximum atomic E-state index is 12.4. The normalized spacial score (nSPS) is 12.6. The quantitative estimate of drug-likeness (QED) is 0.647. The number of carbonyl (C=O) groups is 5. The molecular weight excluding hydrogens is 392 g/mol. The molecule has 2 N–H and O–H groups in total. The van der Waals surface area contributed by atoms with Crippen molar-refractivity contribution in [1.29, 1.82) is 0 Å². The average molecular weight is 412 g/mol. The number of carboxylic acids is 1. The van der Waals surface area contributed by atoms with Gasteiger partial charge in [0.1, 0.15) is 12.1 Å². The Bertz CT molecular complexity index is 725. The van der Waals surface area contributed by atoms with Crippen LogP contribution in [0.1, 0.15) is 31.1 Å². The third-order valence-corrected chi connectivity index (χ3v) is 5.56. The summed E-state index contributed by atoms with van der Waals surface area (Å²) < 4.78 is 1.05. The van der Waals surface area contributed by atoms with Crippen LogP contribution in [0.4, 0.5) is 0 Å². The summed E-state index contributed by atoms with van der Waals surface area (Å²) in [7, 11) is 0. The van der Waals surface area contributed by atoms with E-state index in [4.69, 9.17) is 5.11 Å². The van der Waals surface area contributed by atoms with Crippen LogP contribution < -0.4 is 5.32 Å². The van der Waals surface area contributed by atoms with Gasteiger partial charge in [-0.05, 0) is 6.92 Å². The fourth-order valence-electron chi connectivity index (χ4n) is 1.93. The SMILES string of the molecule is CC(=O)NC(CSC(=O)C(C)N(SC(=O)c1ccccc1)C(C)=O)C(=O)O. The Hall–Kier alpha value is -2.33. The van der Waals surface area contributed by atoms with Crippen molar-refractivity contribution in [2.24, 2.45) is 0 Å². The Morgan fingerprint density at radius 2 is 1.70 bits per heavy atom. The zero-order chi connectivity index (χ0) is 20.6. The predicted molar refractivity (Wildman–Crippen MR) is 103 cm³/mol. The van der Waals surface area contributed by atoms with Crippen LogP contribution in [0, 0.1) is 0 Å². The molecule has 2 atom stereocenters. The van der Waals surface area contributed by atoms with Crippen molar-refractivity contribution in [3.05, 3.63) is 35.9 Å². The molecule has 0 aliphatic carbocycles. The number of hydrogen-bond acceptors (Lipinski definition) is 7. The van der Waals surface area contributed by atoms with E-state index in [-0.39, 0.29) is 5.75 Å². The Morgan fingerprint density at radius 1 is 1.11 bits per heavy atom. The number of thioether (sulfide) groups is 1. The lowest BCUT2D eigenvalue weighted by Gasteiger charge is -2.25. The molecule has 2 amide bonds. The highest BCUT2D eigenvalue weighted by molar-refractivity contribution is 8.14. The van der Waals surface area contributed by atoms with E-state index in [2.05, 4.69) is 5.32 Å². The van der Waals surface area contributed by atoms with Gasteiger partial charge in [0.2, 0.25) is 22.0 Å². The first-order valence-corrected chi connectivity index (χ1v) is 9.63. The van der Waals surface area contributed by atoms with E-state index < -0.39 is 40.1 Å². The maximum absolute atomic E-state index is 12.4. The van der Waals surface area contributed by atoms with Crippen molar-refractivity contribution in [2.75, 3.05) is 5.75 Å². The molecule has 0 fully saturated rings.